The van der Waals surface area contributed by atoms with Gasteiger partial charge in [0, 0.05) is 19.0 Å². The largest absolute Gasteiger partial charge is 0.463 e. The van der Waals surface area contributed by atoms with Crippen LogP contribution in [0.4, 0.5) is 0 Å². The minimum atomic E-state index is -0.371. The molecule has 33 heavy (non-hydrogen) atoms. The predicted molar refractivity (Wildman–Crippen MR) is 133 cm³/mol. The quantitative estimate of drug-likeness (QED) is 0.293. The smallest absolute Gasteiger partial charge is 0.309 e. The molecule has 0 spiro atoms. The molecule has 1 N–H and O–H groups in total. The summed E-state index contributed by atoms with van der Waals surface area (Å²) in [6.45, 7) is 8.72. The Balaban J connectivity index is 1.75. The number of aliphatic hydroxyl groups is 1. The number of carbonyl (C=O) groups excluding carboxylic acids is 2. The van der Waals surface area contributed by atoms with Crippen molar-refractivity contribution >= 4 is 11.9 Å². The first-order chi connectivity index (χ1) is 15.8. The highest BCUT2D eigenvalue weighted by Gasteiger charge is 2.28. The van der Waals surface area contributed by atoms with Crippen LogP contribution >= 0.6 is 0 Å². The van der Waals surface area contributed by atoms with Gasteiger partial charge in [0.1, 0.15) is 0 Å². The third-order valence-corrected chi connectivity index (χ3v) is 6.71. The molecule has 0 aliphatic carbocycles. The first-order valence-electron chi connectivity index (χ1n) is 13.0. The summed E-state index contributed by atoms with van der Waals surface area (Å²) in [4.78, 5) is 27.0. The molecule has 3 atom stereocenters. The standard InChI is InChI=1S/C28H45NO4/c1-21(2)26(28(32)33-22(3)4)15-9-6-10-19-29-24(14-11-16-27(29)31)17-18-25(30)20-23-12-7-5-8-13-23/h5,7-8,12-13,21-22,24-26,30H,6,9-11,14-20H2,1-4H3/t24-,25-,26?/m1/s1. The van der Waals surface area contributed by atoms with Crippen LogP contribution in [0.25, 0.3) is 0 Å². The summed E-state index contributed by atoms with van der Waals surface area (Å²) in [5.41, 5.74) is 1.15. The van der Waals surface area contributed by atoms with Crippen LogP contribution < -0.4 is 0 Å². The van der Waals surface area contributed by atoms with Gasteiger partial charge in [-0.25, -0.2) is 0 Å². The van der Waals surface area contributed by atoms with E-state index in [1.54, 1.807) is 0 Å². The molecule has 2 rings (SSSR count). The zero-order valence-electron chi connectivity index (χ0n) is 21.2. The fourth-order valence-electron chi connectivity index (χ4n) is 4.84. The van der Waals surface area contributed by atoms with E-state index in [1.807, 2.05) is 44.2 Å². The lowest BCUT2D eigenvalue weighted by Crippen LogP contribution is -2.44. The van der Waals surface area contributed by atoms with E-state index in [4.69, 9.17) is 4.74 Å². The van der Waals surface area contributed by atoms with E-state index in [1.165, 1.54) is 0 Å². The number of esters is 1. The van der Waals surface area contributed by atoms with Crippen LogP contribution in [0.5, 0.6) is 0 Å². The molecule has 0 saturated carbocycles. The summed E-state index contributed by atoms with van der Waals surface area (Å²) in [6, 6.07) is 10.3. The number of piperidine rings is 1. The Morgan fingerprint density at radius 2 is 1.82 bits per heavy atom. The summed E-state index contributed by atoms with van der Waals surface area (Å²) in [6.07, 6.45) is 8.18. The van der Waals surface area contributed by atoms with Gasteiger partial charge in [-0.2, -0.15) is 0 Å². The molecule has 1 amide bonds. The van der Waals surface area contributed by atoms with E-state index in [0.29, 0.717) is 12.8 Å². The molecule has 0 bridgehead atoms. The lowest BCUT2D eigenvalue weighted by molar-refractivity contribution is -0.154. The molecule has 1 fully saturated rings. The van der Waals surface area contributed by atoms with Crippen molar-refractivity contribution in [1.82, 2.24) is 4.90 Å². The number of unbranched alkanes of at least 4 members (excludes halogenated alkanes) is 2. The first-order valence-corrected chi connectivity index (χ1v) is 13.0. The summed E-state index contributed by atoms with van der Waals surface area (Å²) in [7, 11) is 0. The number of likely N-dealkylation sites (tertiary alicyclic amines) is 1. The summed E-state index contributed by atoms with van der Waals surface area (Å²) in [5.74, 6) is 0.388. The molecular formula is C28H45NO4. The van der Waals surface area contributed by atoms with E-state index >= 15 is 0 Å². The maximum Gasteiger partial charge on any atom is 0.309 e. The topological polar surface area (TPSA) is 66.8 Å². The number of amides is 1. The van der Waals surface area contributed by atoms with Gasteiger partial charge in [0.25, 0.3) is 0 Å². The SMILES string of the molecule is CC(C)OC(=O)C(CCCCCN1C(=O)CCC[C@@H]1CC[C@@H](O)Cc1ccccc1)C(C)C. The highest BCUT2D eigenvalue weighted by molar-refractivity contribution is 5.77. The second-order valence-corrected chi connectivity index (χ2v) is 10.2. The van der Waals surface area contributed by atoms with Gasteiger partial charge in [-0.15, -0.1) is 0 Å². The molecule has 0 radical (unpaired) electrons. The zero-order valence-corrected chi connectivity index (χ0v) is 21.2. The van der Waals surface area contributed by atoms with E-state index in [2.05, 4.69) is 18.7 Å². The number of rotatable bonds is 14. The normalized spacial score (nSPS) is 18.6. The second-order valence-electron chi connectivity index (χ2n) is 10.2. The molecule has 0 aromatic heterocycles. The van der Waals surface area contributed by atoms with Gasteiger partial charge < -0.3 is 14.7 Å². The molecule has 1 unspecified atom stereocenters. The Labute approximate surface area is 200 Å². The molecular weight excluding hydrogens is 414 g/mol. The molecule has 186 valence electrons. The van der Waals surface area contributed by atoms with E-state index in [0.717, 1.165) is 63.5 Å². The van der Waals surface area contributed by atoms with Crippen molar-refractivity contribution in [3.63, 3.8) is 0 Å². The fraction of sp³-hybridized carbons (Fsp3) is 0.714. The van der Waals surface area contributed by atoms with Gasteiger partial charge in [0.15, 0.2) is 0 Å². The molecule has 1 aromatic carbocycles. The number of benzene rings is 1. The van der Waals surface area contributed by atoms with Gasteiger partial charge in [0.2, 0.25) is 5.91 Å². The van der Waals surface area contributed by atoms with Crippen LogP contribution in [0.2, 0.25) is 0 Å². The monoisotopic (exact) mass is 459 g/mol. The average Bonchev–Trinajstić information content (AvgIpc) is 2.75. The van der Waals surface area contributed by atoms with Gasteiger partial charge >= 0.3 is 5.97 Å². The van der Waals surface area contributed by atoms with Gasteiger partial charge in [-0.3, -0.25) is 9.59 Å². The lowest BCUT2D eigenvalue weighted by atomic mass is 9.90. The van der Waals surface area contributed by atoms with Crippen molar-refractivity contribution in [1.29, 1.82) is 0 Å². The maximum absolute atomic E-state index is 12.6. The van der Waals surface area contributed by atoms with Crippen molar-refractivity contribution in [2.75, 3.05) is 6.54 Å². The Hall–Kier alpha value is -1.88. The van der Waals surface area contributed by atoms with Gasteiger partial charge in [-0.1, -0.05) is 57.0 Å². The molecule has 5 nitrogen and oxygen atoms in total. The third-order valence-electron chi connectivity index (χ3n) is 6.71. The van der Waals surface area contributed by atoms with Crippen molar-refractivity contribution in [3.8, 4) is 0 Å². The van der Waals surface area contributed by atoms with Crippen LogP contribution in [0, 0.1) is 11.8 Å². The number of ether oxygens (including phenoxy) is 1. The second kappa shape index (κ2) is 14.4. The molecule has 1 aliphatic rings. The van der Waals surface area contributed by atoms with Gasteiger partial charge in [-0.05, 0) is 70.3 Å². The summed E-state index contributed by atoms with van der Waals surface area (Å²) in [5, 5.41) is 10.5. The third kappa shape index (κ3) is 9.87. The number of hydrogen-bond acceptors (Lipinski definition) is 4. The molecule has 1 heterocycles. The Kier molecular flexibility index (Phi) is 11.9. The zero-order chi connectivity index (χ0) is 24.2. The molecule has 1 aliphatic heterocycles. The number of nitrogens with zero attached hydrogens (tertiary/aromatic N) is 1. The Morgan fingerprint density at radius 3 is 2.48 bits per heavy atom. The molecule has 1 saturated heterocycles. The Morgan fingerprint density at radius 1 is 1.09 bits per heavy atom. The summed E-state index contributed by atoms with van der Waals surface area (Å²) >= 11 is 0. The van der Waals surface area contributed by atoms with Crippen molar-refractivity contribution in [3.05, 3.63) is 35.9 Å². The van der Waals surface area contributed by atoms with Crippen LogP contribution in [0.3, 0.4) is 0 Å². The fourth-order valence-corrected chi connectivity index (χ4v) is 4.84. The van der Waals surface area contributed by atoms with Crippen molar-refractivity contribution in [2.24, 2.45) is 11.8 Å². The maximum atomic E-state index is 12.6. The molecule has 1 aromatic rings. The van der Waals surface area contributed by atoms with E-state index < -0.39 is 0 Å². The summed E-state index contributed by atoms with van der Waals surface area (Å²) < 4.78 is 5.43. The molecule has 5 heteroatoms. The highest BCUT2D eigenvalue weighted by atomic mass is 16.5. The first kappa shape index (κ1) is 27.4. The van der Waals surface area contributed by atoms with Crippen molar-refractivity contribution in [2.45, 2.75) is 110 Å². The van der Waals surface area contributed by atoms with Crippen LogP contribution in [-0.2, 0) is 20.7 Å². The average molecular weight is 460 g/mol. The van der Waals surface area contributed by atoms with E-state index in [9.17, 15) is 14.7 Å². The van der Waals surface area contributed by atoms with Gasteiger partial charge in [0.05, 0.1) is 18.1 Å². The van der Waals surface area contributed by atoms with Crippen molar-refractivity contribution < 1.29 is 19.4 Å². The number of aliphatic hydroxyl groups excluding tert-OH is 1. The van der Waals surface area contributed by atoms with Crippen LogP contribution in [0.15, 0.2) is 30.3 Å². The van der Waals surface area contributed by atoms with Crippen LogP contribution in [0.1, 0.15) is 91.0 Å². The van der Waals surface area contributed by atoms with E-state index in [-0.39, 0.29) is 42.0 Å². The Bertz CT molecular complexity index is 703. The number of hydrogen-bond donors (Lipinski definition) is 1. The minimum absolute atomic E-state index is 0.0529. The number of carbonyl (C=O) groups is 2. The highest BCUT2D eigenvalue weighted by Crippen LogP contribution is 2.25. The predicted octanol–water partition coefficient (Wildman–Crippen LogP) is 5.54. The lowest BCUT2D eigenvalue weighted by Gasteiger charge is -2.36. The van der Waals surface area contributed by atoms with Crippen LogP contribution in [-0.4, -0.2) is 46.7 Å². The minimum Gasteiger partial charge on any atom is -0.463 e.